The van der Waals surface area contributed by atoms with Crippen LogP contribution in [0.4, 0.5) is 17.1 Å². The van der Waals surface area contributed by atoms with E-state index in [0.29, 0.717) is 11.8 Å². The number of nitrogens with zero attached hydrogens (tertiary/aromatic N) is 4. The Balaban J connectivity index is 0.969. The van der Waals surface area contributed by atoms with Gasteiger partial charge in [-0.25, -0.2) is 9.97 Å². The standard InChI is InChI=1S/C49H28N4O2S/c50-29-36-6-5-11-45-47(36)40-25-19-35(28-46(40)56-45)32-12-13-34-27-39(24-18-33(34)26-32)53(37-20-14-30(15-21-37)48-51-41-7-1-3-9-43(41)54-48)38-22-16-31(17-23-38)49-52-42-8-2-4-10-44(42)55-49/h1-28H. The molecule has 0 saturated carbocycles. The molecule has 11 aromatic rings. The molecular weight excluding hydrogens is 709 g/mol. The molecule has 0 aliphatic rings. The molecule has 0 N–H and O–H groups in total. The molecule has 0 radical (unpaired) electrons. The van der Waals surface area contributed by atoms with Crippen LogP contribution >= 0.6 is 11.3 Å². The fraction of sp³-hybridized carbons (Fsp3) is 0. The highest BCUT2D eigenvalue weighted by atomic mass is 32.1. The zero-order valence-electron chi connectivity index (χ0n) is 29.7. The van der Waals surface area contributed by atoms with Gasteiger partial charge >= 0.3 is 0 Å². The molecule has 3 heterocycles. The van der Waals surface area contributed by atoms with E-state index < -0.39 is 0 Å². The second kappa shape index (κ2) is 12.8. The first kappa shape index (κ1) is 31.9. The van der Waals surface area contributed by atoms with E-state index >= 15 is 0 Å². The summed E-state index contributed by atoms with van der Waals surface area (Å²) in [6, 6.07) is 60.4. The van der Waals surface area contributed by atoms with E-state index in [1.165, 1.54) is 4.70 Å². The van der Waals surface area contributed by atoms with Gasteiger partial charge in [-0.05, 0) is 131 Å². The number of nitriles is 1. The van der Waals surface area contributed by atoms with E-state index in [0.717, 1.165) is 93.3 Å². The molecule has 7 heteroatoms. The van der Waals surface area contributed by atoms with Crippen molar-refractivity contribution in [1.82, 2.24) is 9.97 Å². The van der Waals surface area contributed by atoms with E-state index in [2.05, 4.69) is 120 Å². The third-order valence-electron chi connectivity index (χ3n) is 10.4. The molecule has 8 aromatic carbocycles. The summed E-state index contributed by atoms with van der Waals surface area (Å²) in [7, 11) is 0. The topological polar surface area (TPSA) is 79.1 Å². The maximum Gasteiger partial charge on any atom is 0.227 e. The summed E-state index contributed by atoms with van der Waals surface area (Å²) in [6.45, 7) is 0. The second-order valence-electron chi connectivity index (χ2n) is 13.8. The lowest BCUT2D eigenvalue weighted by atomic mass is 9.99. The molecule has 0 amide bonds. The lowest BCUT2D eigenvalue weighted by Crippen LogP contribution is -2.09. The van der Waals surface area contributed by atoms with Gasteiger partial charge in [-0.1, -0.05) is 60.7 Å². The van der Waals surface area contributed by atoms with Gasteiger partial charge in [0.25, 0.3) is 0 Å². The van der Waals surface area contributed by atoms with Gasteiger partial charge in [-0.3, -0.25) is 0 Å². The van der Waals surface area contributed by atoms with E-state index in [1.807, 2.05) is 60.7 Å². The van der Waals surface area contributed by atoms with Crippen molar-refractivity contribution in [2.75, 3.05) is 4.90 Å². The SMILES string of the molecule is N#Cc1cccc2sc3cc(-c4ccc5cc(N(c6ccc(-c7nc8ccccc8o7)cc6)c6ccc(-c7nc8ccccc8o7)cc6)ccc5c4)ccc3c12. The largest absolute Gasteiger partial charge is 0.436 e. The predicted molar refractivity (Wildman–Crippen MR) is 228 cm³/mol. The van der Waals surface area contributed by atoms with Crippen molar-refractivity contribution >= 4 is 81.5 Å². The first-order valence-corrected chi connectivity index (χ1v) is 19.1. The first-order valence-electron chi connectivity index (χ1n) is 18.3. The van der Waals surface area contributed by atoms with E-state index in [4.69, 9.17) is 18.8 Å². The van der Waals surface area contributed by atoms with E-state index in [-0.39, 0.29) is 0 Å². The summed E-state index contributed by atoms with van der Waals surface area (Å²) in [5.41, 5.74) is 11.0. The quantitative estimate of drug-likeness (QED) is 0.169. The van der Waals surface area contributed by atoms with E-state index in [1.54, 1.807) is 11.3 Å². The number of para-hydroxylation sites is 4. The Kier molecular flexibility index (Phi) is 7.31. The number of benzene rings is 8. The van der Waals surface area contributed by atoms with Crippen molar-refractivity contribution in [3.8, 4) is 40.1 Å². The third-order valence-corrected chi connectivity index (χ3v) is 11.5. The average Bonchev–Trinajstić information content (AvgIpc) is 3.99. The molecule has 6 nitrogen and oxygen atoms in total. The number of thiophene rings is 1. The summed E-state index contributed by atoms with van der Waals surface area (Å²) in [5.74, 6) is 1.18. The van der Waals surface area contributed by atoms with Crippen molar-refractivity contribution in [3.05, 3.63) is 175 Å². The number of fused-ring (bicyclic) bond motifs is 6. The lowest BCUT2D eigenvalue weighted by Gasteiger charge is -2.26. The molecule has 11 rings (SSSR count). The van der Waals surface area contributed by atoms with Crippen LogP contribution in [-0.2, 0) is 0 Å². The number of rotatable bonds is 6. The highest BCUT2D eigenvalue weighted by molar-refractivity contribution is 7.25. The summed E-state index contributed by atoms with van der Waals surface area (Å²) in [6.07, 6.45) is 0. The molecule has 0 aliphatic carbocycles. The minimum Gasteiger partial charge on any atom is -0.436 e. The fourth-order valence-corrected chi connectivity index (χ4v) is 8.77. The predicted octanol–water partition coefficient (Wildman–Crippen LogP) is 13.8. The molecule has 3 aromatic heterocycles. The highest BCUT2D eigenvalue weighted by Gasteiger charge is 2.17. The van der Waals surface area contributed by atoms with Crippen LogP contribution in [0.2, 0.25) is 0 Å². The van der Waals surface area contributed by atoms with Crippen LogP contribution < -0.4 is 4.90 Å². The van der Waals surface area contributed by atoms with Gasteiger partial charge in [0.05, 0.1) is 11.6 Å². The molecule has 262 valence electrons. The molecule has 0 saturated heterocycles. The van der Waals surface area contributed by atoms with Crippen molar-refractivity contribution in [2.24, 2.45) is 0 Å². The Morgan fingerprint density at radius 2 is 1.04 bits per heavy atom. The van der Waals surface area contributed by atoms with Crippen molar-refractivity contribution in [2.45, 2.75) is 0 Å². The zero-order chi connectivity index (χ0) is 37.2. The minimum absolute atomic E-state index is 0.590. The van der Waals surface area contributed by atoms with Crippen LogP contribution in [0.3, 0.4) is 0 Å². The van der Waals surface area contributed by atoms with Gasteiger partial charge in [0.2, 0.25) is 11.8 Å². The van der Waals surface area contributed by atoms with Crippen LogP contribution in [0.15, 0.2) is 179 Å². The molecular formula is C49H28N4O2S. The first-order chi connectivity index (χ1) is 27.6. The Morgan fingerprint density at radius 1 is 0.482 bits per heavy atom. The normalized spacial score (nSPS) is 11.6. The summed E-state index contributed by atoms with van der Waals surface area (Å²) in [5, 5.41) is 14.2. The number of hydrogen-bond acceptors (Lipinski definition) is 7. The third kappa shape index (κ3) is 5.39. The van der Waals surface area contributed by atoms with E-state index in [9.17, 15) is 5.26 Å². The van der Waals surface area contributed by atoms with Crippen molar-refractivity contribution < 1.29 is 8.83 Å². The Labute approximate surface area is 324 Å². The number of aromatic nitrogens is 2. The van der Waals surface area contributed by atoms with Crippen molar-refractivity contribution in [3.63, 3.8) is 0 Å². The Hall–Kier alpha value is -7.53. The van der Waals surface area contributed by atoms with Gasteiger partial charge < -0.3 is 13.7 Å². The van der Waals surface area contributed by atoms with Crippen LogP contribution in [0.25, 0.3) is 87.2 Å². The van der Waals surface area contributed by atoms with Gasteiger partial charge in [0.1, 0.15) is 11.0 Å². The second-order valence-corrected chi connectivity index (χ2v) is 14.8. The fourth-order valence-electron chi connectivity index (χ4n) is 7.60. The monoisotopic (exact) mass is 736 g/mol. The van der Waals surface area contributed by atoms with Crippen LogP contribution in [-0.4, -0.2) is 9.97 Å². The van der Waals surface area contributed by atoms with Crippen molar-refractivity contribution in [1.29, 1.82) is 5.26 Å². The highest BCUT2D eigenvalue weighted by Crippen LogP contribution is 2.41. The summed E-state index contributed by atoms with van der Waals surface area (Å²) in [4.78, 5) is 11.7. The van der Waals surface area contributed by atoms with Gasteiger partial charge in [-0.2, -0.15) is 5.26 Å². The summed E-state index contributed by atoms with van der Waals surface area (Å²) < 4.78 is 14.5. The molecule has 0 atom stereocenters. The average molecular weight is 737 g/mol. The van der Waals surface area contributed by atoms with Crippen LogP contribution in [0, 0.1) is 11.3 Å². The zero-order valence-corrected chi connectivity index (χ0v) is 30.5. The molecule has 0 spiro atoms. The van der Waals surface area contributed by atoms with Crippen LogP contribution in [0.5, 0.6) is 0 Å². The van der Waals surface area contributed by atoms with Gasteiger partial charge in [-0.15, -0.1) is 11.3 Å². The Morgan fingerprint density at radius 3 is 1.68 bits per heavy atom. The minimum atomic E-state index is 0.590. The number of hydrogen-bond donors (Lipinski definition) is 0. The molecule has 0 aliphatic heterocycles. The maximum atomic E-state index is 9.72. The lowest BCUT2D eigenvalue weighted by molar-refractivity contribution is 0.619. The molecule has 56 heavy (non-hydrogen) atoms. The maximum absolute atomic E-state index is 9.72. The number of anilines is 3. The summed E-state index contributed by atoms with van der Waals surface area (Å²) >= 11 is 1.73. The van der Waals surface area contributed by atoms with Crippen LogP contribution in [0.1, 0.15) is 5.56 Å². The Bertz CT molecular complexity index is 3150. The molecule has 0 bridgehead atoms. The molecule has 0 fully saturated rings. The molecule has 0 unspecified atom stereocenters. The van der Waals surface area contributed by atoms with Gasteiger partial charge in [0.15, 0.2) is 11.2 Å². The smallest absolute Gasteiger partial charge is 0.227 e. The van der Waals surface area contributed by atoms with Gasteiger partial charge in [0, 0.05) is 48.4 Å². The number of oxazole rings is 2.